The minimum Gasteiger partial charge on any atom is -0.445 e. The molecule has 0 saturated carbocycles. The van der Waals surface area contributed by atoms with Crippen molar-refractivity contribution in [2.45, 2.75) is 25.5 Å². The molecule has 1 fully saturated rings. The Balaban J connectivity index is 1.49. The lowest BCUT2D eigenvalue weighted by atomic mass is 10.1. The smallest absolute Gasteiger partial charge is 0.410 e. The number of pyridine rings is 1. The van der Waals surface area contributed by atoms with Crippen LogP contribution in [0.3, 0.4) is 0 Å². The van der Waals surface area contributed by atoms with Gasteiger partial charge in [-0.2, -0.15) is 0 Å². The van der Waals surface area contributed by atoms with Crippen molar-refractivity contribution in [2.75, 3.05) is 11.9 Å². The summed E-state index contributed by atoms with van der Waals surface area (Å²) in [5.41, 5.74) is 2.97. The minimum absolute atomic E-state index is 0.0387. The van der Waals surface area contributed by atoms with E-state index in [0.29, 0.717) is 6.54 Å². The number of para-hydroxylation sites is 1. The average Bonchev–Trinajstić information content (AvgIpc) is 3.24. The Morgan fingerprint density at radius 2 is 1.79 bits per heavy atom. The van der Waals surface area contributed by atoms with Crippen molar-refractivity contribution in [1.82, 2.24) is 9.88 Å². The van der Waals surface area contributed by atoms with E-state index in [1.165, 1.54) is 0 Å². The van der Waals surface area contributed by atoms with Gasteiger partial charge in [-0.25, -0.2) is 9.78 Å². The van der Waals surface area contributed by atoms with Gasteiger partial charge in [0.25, 0.3) is 0 Å². The highest BCUT2D eigenvalue weighted by Gasteiger charge is 2.32. The Morgan fingerprint density at radius 1 is 1.04 bits per heavy atom. The normalized spacial score (nSPS) is 16.0. The van der Waals surface area contributed by atoms with E-state index in [9.17, 15) is 4.79 Å². The first-order valence-corrected chi connectivity index (χ1v) is 9.55. The second-order valence-electron chi connectivity index (χ2n) is 6.82. The number of carbonyl (C=O) groups is 1. The monoisotopic (exact) mass is 373 g/mol. The molecule has 142 valence electrons. The van der Waals surface area contributed by atoms with Crippen molar-refractivity contribution in [3.63, 3.8) is 0 Å². The molecule has 4 rings (SSSR count). The molecule has 1 aliphatic rings. The summed E-state index contributed by atoms with van der Waals surface area (Å²) in [7, 11) is 0. The number of benzene rings is 2. The van der Waals surface area contributed by atoms with Gasteiger partial charge in [-0.05, 0) is 36.6 Å². The molecule has 1 aromatic heterocycles. The molecule has 1 atom stereocenters. The van der Waals surface area contributed by atoms with Gasteiger partial charge in [-0.3, -0.25) is 0 Å². The highest BCUT2D eigenvalue weighted by Crippen LogP contribution is 2.36. The standard InChI is InChI=1S/C23H23N3O2/c27-23(28-17-18-9-3-1-4-10-18)26-16-8-14-21(26)20-13-7-15-24-22(20)25-19-11-5-2-6-12-19/h1-7,9-13,15,21H,8,14,16-17H2,(H,24,25). The van der Waals surface area contributed by atoms with Crippen LogP contribution in [0, 0.1) is 0 Å². The molecule has 1 unspecified atom stereocenters. The molecule has 0 radical (unpaired) electrons. The molecule has 0 bridgehead atoms. The number of aromatic nitrogens is 1. The predicted molar refractivity (Wildman–Crippen MR) is 109 cm³/mol. The van der Waals surface area contributed by atoms with Crippen molar-refractivity contribution in [1.29, 1.82) is 0 Å². The summed E-state index contributed by atoms with van der Waals surface area (Å²) >= 11 is 0. The maximum atomic E-state index is 12.7. The van der Waals surface area contributed by atoms with E-state index < -0.39 is 0 Å². The lowest BCUT2D eigenvalue weighted by Gasteiger charge is -2.26. The highest BCUT2D eigenvalue weighted by molar-refractivity contribution is 5.70. The van der Waals surface area contributed by atoms with Crippen LogP contribution < -0.4 is 5.32 Å². The van der Waals surface area contributed by atoms with Crippen molar-refractivity contribution >= 4 is 17.6 Å². The van der Waals surface area contributed by atoms with Crippen LogP contribution in [-0.4, -0.2) is 22.5 Å². The van der Waals surface area contributed by atoms with Crippen LogP contribution in [0.1, 0.15) is 30.0 Å². The molecule has 28 heavy (non-hydrogen) atoms. The first-order chi connectivity index (χ1) is 13.8. The fraction of sp³-hybridized carbons (Fsp3) is 0.217. The van der Waals surface area contributed by atoms with Crippen LogP contribution in [-0.2, 0) is 11.3 Å². The number of anilines is 2. The fourth-order valence-electron chi connectivity index (χ4n) is 3.56. The van der Waals surface area contributed by atoms with E-state index in [4.69, 9.17) is 4.74 Å². The van der Waals surface area contributed by atoms with Crippen LogP contribution in [0.5, 0.6) is 0 Å². The lowest BCUT2D eigenvalue weighted by Crippen LogP contribution is -2.31. The van der Waals surface area contributed by atoms with Crippen LogP contribution in [0.2, 0.25) is 0 Å². The predicted octanol–water partition coefficient (Wildman–Crippen LogP) is 5.30. The van der Waals surface area contributed by atoms with Crippen LogP contribution in [0.25, 0.3) is 0 Å². The number of hydrogen-bond donors (Lipinski definition) is 1. The van der Waals surface area contributed by atoms with Gasteiger partial charge in [0.15, 0.2) is 0 Å². The van der Waals surface area contributed by atoms with E-state index in [0.717, 1.165) is 35.5 Å². The third-order valence-corrected chi connectivity index (χ3v) is 4.93. The van der Waals surface area contributed by atoms with Crippen LogP contribution >= 0.6 is 0 Å². The van der Waals surface area contributed by atoms with Gasteiger partial charge in [-0.15, -0.1) is 0 Å². The summed E-state index contributed by atoms with van der Waals surface area (Å²) in [5.74, 6) is 0.779. The summed E-state index contributed by atoms with van der Waals surface area (Å²) in [6.45, 7) is 0.975. The molecular weight excluding hydrogens is 350 g/mol. The lowest BCUT2D eigenvalue weighted by molar-refractivity contribution is 0.0921. The van der Waals surface area contributed by atoms with Gasteiger partial charge in [0.1, 0.15) is 12.4 Å². The molecular formula is C23H23N3O2. The second-order valence-corrected chi connectivity index (χ2v) is 6.82. The Hall–Kier alpha value is -3.34. The maximum absolute atomic E-state index is 12.7. The third-order valence-electron chi connectivity index (χ3n) is 4.93. The van der Waals surface area contributed by atoms with E-state index in [1.54, 1.807) is 6.20 Å². The van der Waals surface area contributed by atoms with Crippen molar-refractivity contribution in [3.05, 3.63) is 90.1 Å². The zero-order valence-electron chi connectivity index (χ0n) is 15.6. The molecule has 5 nitrogen and oxygen atoms in total. The van der Waals surface area contributed by atoms with Gasteiger partial charge >= 0.3 is 6.09 Å². The van der Waals surface area contributed by atoms with Gasteiger partial charge in [0.05, 0.1) is 6.04 Å². The molecule has 1 N–H and O–H groups in total. The van der Waals surface area contributed by atoms with Gasteiger partial charge in [0.2, 0.25) is 0 Å². The zero-order valence-corrected chi connectivity index (χ0v) is 15.6. The molecule has 2 heterocycles. The quantitative estimate of drug-likeness (QED) is 0.659. The molecule has 3 aromatic rings. The zero-order chi connectivity index (χ0) is 19.2. The number of ether oxygens (including phenoxy) is 1. The van der Waals surface area contributed by atoms with Gasteiger partial charge in [-0.1, -0.05) is 54.6 Å². The average molecular weight is 373 g/mol. The number of hydrogen-bond acceptors (Lipinski definition) is 4. The molecule has 2 aromatic carbocycles. The number of carbonyl (C=O) groups excluding carboxylic acids is 1. The van der Waals surface area contributed by atoms with Crippen molar-refractivity contribution in [3.8, 4) is 0 Å². The summed E-state index contributed by atoms with van der Waals surface area (Å²) < 4.78 is 5.57. The first kappa shape index (κ1) is 18.0. The molecule has 5 heteroatoms. The van der Waals surface area contributed by atoms with Crippen molar-refractivity contribution in [2.24, 2.45) is 0 Å². The van der Waals surface area contributed by atoms with Gasteiger partial charge < -0.3 is 15.0 Å². The number of amides is 1. The molecule has 1 saturated heterocycles. The Bertz CT molecular complexity index is 915. The second kappa shape index (κ2) is 8.57. The minimum atomic E-state index is -0.277. The summed E-state index contributed by atoms with van der Waals surface area (Å²) in [4.78, 5) is 19.1. The largest absolute Gasteiger partial charge is 0.445 e. The van der Waals surface area contributed by atoms with E-state index in [1.807, 2.05) is 77.7 Å². The Morgan fingerprint density at radius 3 is 2.57 bits per heavy atom. The van der Waals surface area contributed by atoms with E-state index in [2.05, 4.69) is 10.3 Å². The van der Waals surface area contributed by atoms with Crippen LogP contribution in [0.15, 0.2) is 79.0 Å². The van der Waals surface area contributed by atoms with E-state index >= 15 is 0 Å². The number of likely N-dealkylation sites (tertiary alicyclic amines) is 1. The summed E-state index contributed by atoms with van der Waals surface area (Å²) in [5, 5.41) is 3.38. The summed E-state index contributed by atoms with van der Waals surface area (Å²) in [6.07, 6.45) is 3.34. The molecule has 0 spiro atoms. The van der Waals surface area contributed by atoms with Crippen molar-refractivity contribution < 1.29 is 9.53 Å². The highest BCUT2D eigenvalue weighted by atomic mass is 16.6. The third kappa shape index (κ3) is 4.14. The van der Waals surface area contributed by atoms with Gasteiger partial charge in [0, 0.05) is 24.0 Å². The Labute approximate surface area is 165 Å². The Kier molecular flexibility index (Phi) is 5.52. The fourth-order valence-corrected chi connectivity index (χ4v) is 3.56. The van der Waals surface area contributed by atoms with Crippen LogP contribution in [0.4, 0.5) is 16.3 Å². The van der Waals surface area contributed by atoms with E-state index in [-0.39, 0.29) is 18.7 Å². The number of nitrogens with one attached hydrogen (secondary N) is 1. The molecule has 1 aliphatic heterocycles. The first-order valence-electron chi connectivity index (χ1n) is 9.55. The molecule has 0 aliphatic carbocycles. The topological polar surface area (TPSA) is 54.5 Å². The number of rotatable bonds is 5. The molecule has 1 amide bonds. The summed E-state index contributed by atoms with van der Waals surface area (Å²) in [6, 6.07) is 23.6. The maximum Gasteiger partial charge on any atom is 0.410 e. The number of nitrogens with zero attached hydrogens (tertiary/aromatic N) is 2. The SMILES string of the molecule is O=C(OCc1ccccc1)N1CCCC1c1cccnc1Nc1ccccc1.